The van der Waals surface area contributed by atoms with Gasteiger partial charge in [0, 0.05) is 22.6 Å². The molecule has 0 saturated heterocycles. The van der Waals surface area contributed by atoms with E-state index in [1.807, 2.05) is 12.1 Å². The summed E-state index contributed by atoms with van der Waals surface area (Å²) in [6.45, 7) is 0. The second-order valence-corrected chi connectivity index (χ2v) is 5.44. The van der Waals surface area contributed by atoms with Crippen LogP contribution in [0.15, 0.2) is 12.1 Å². The first kappa shape index (κ1) is 11.4. The largest absolute Gasteiger partial charge is 0.357 e. The Morgan fingerprint density at radius 1 is 1.24 bits per heavy atom. The number of hydrogen-bond acceptors (Lipinski definition) is 1. The Labute approximate surface area is 110 Å². The molecule has 1 aromatic heterocycles. The Morgan fingerprint density at radius 2 is 2.06 bits per heavy atom. The van der Waals surface area contributed by atoms with Crippen molar-refractivity contribution in [3.8, 4) is 0 Å². The van der Waals surface area contributed by atoms with Crippen LogP contribution in [0.2, 0.25) is 10.0 Å². The number of hydrogen-bond donors (Lipinski definition) is 2. The van der Waals surface area contributed by atoms with Crippen LogP contribution in [0.5, 0.6) is 0 Å². The van der Waals surface area contributed by atoms with Crippen LogP contribution in [0.25, 0.3) is 10.9 Å². The number of benzene rings is 1. The number of aryl methyl sites for hydroxylation is 1. The van der Waals surface area contributed by atoms with Crippen LogP contribution >= 0.6 is 23.2 Å². The topological polar surface area (TPSA) is 41.8 Å². The van der Waals surface area contributed by atoms with Crippen LogP contribution in [0.3, 0.4) is 0 Å². The average molecular weight is 269 g/mol. The molecule has 1 atom stereocenters. The molecule has 1 heterocycles. The van der Waals surface area contributed by atoms with Crippen LogP contribution in [-0.4, -0.2) is 4.98 Å². The number of halogens is 2. The number of rotatable bonds is 0. The number of aromatic amines is 1. The maximum Gasteiger partial charge on any atom is 0.0688 e. The highest BCUT2D eigenvalue weighted by Gasteiger charge is 2.21. The van der Waals surface area contributed by atoms with Crippen LogP contribution in [0.4, 0.5) is 0 Å². The minimum atomic E-state index is 0.0924. The van der Waals surface area contributed by atoms with E-state index in [2.05, 4.69) is 4.98 Å². The highest BCUT2D eigenvalue weighted by Crippen LogP contribution is 2.38. The molecule has 17 heavy (non-hydrogen) atoms. The second-order valence-electron chi connectivity index (χ2n) is 4.65. The zero-order valence-electron chi connectivity index (χ0n) is 9.39. The first-order valence-electron chi connectivity index (χ1n) is 5.92. The molecule has 3 N–H and O–H groups in total. The Bertz CT molecular complexity index is 574. The zero-order chi connectivity index (χ0) is 12.0. The van der Waals surface area contributed by atoms with E-state index < -0.39 is 0 Å². The monoisotopic (exact) mass is 268 g/mol. The van der Waals surface area contributed by atoms with Crippen LogP contribution in [-0.2, 0) is 6.42 Å². The summed E-state index contributed by atoms with van der Waals surface area (Å²) in [5.74, 6) is 0. The van der Waals surface area contributed by atoms with Gasteiger partial charge in [-0.2, -0.15) is 0 Å². The van der Waals surface area contributed by atoms with Gasteiger partial charge < -0.3 is 10.7 Å². The van der Waals surface area contributed by atoms with E-state index in [0.29, 0.717) is 10.0 Å². The Morgan fingerprint density at radius 3 is 2.88 bits per heavy atom. The molecular weight excluding hydrogens is 255 g/mol. The van der Waals surface area contributed by atoms with Crippen molar-refractivity contribution < 1.29 is 0 Å². The van der Waals surface area contributed by atoms with E-state index in [1.165, 1.54) is 12.0 Å². The summed E-state index contributed by atoms with van der Waals surface area (Å²) in [7, 11) is 0. The fourth-order valence-electron chi connectivity index (χ4n) is 2.69. The lowest BCUT2D eigenvalue weighted by Crippen LogP contribution is -2.10. The van der Waals surface area contributed by atoms with E-state index in [4.69, 9.17) is 28.9 Å². The smallest absolute Gasteiger partial charge is 0.0688 e. The van der Waals surface area contributed by atoms with Crippen molar-refractivity contribution in [3.63, 3.8) is 0 Å². The quantitative estimate of drug-likeness (QED) is 0.691. The van der Waals surface area contributed by atoms with Crippen molar-refractivity contribution in [1.82, 2.24) is 4.98 Å². The van der Waals surface area contributed by atoms with Gasteiger partial charge in [-0.05, 0) is 37.0 Å². The summed E-state index contributed by atoms with van der Waals surface area (Å²) in [5, 5.41) is 2.32. The molecule has 2 nitrogen and oxygen atoms in total. The second kappa shape index (κ2) is 4.20. The third kappa shape index (κ3) is 1.75. The lowest BCUT2D eigenvalue weighted by molar-refractivity contribution is 0.606. The van der Waals surface area contributed by atoms with Gasteiger partial charge in [-0.3, -0.25) is 0 Å². The zero-order valence-corrected chi connectivity index (χ0v) is 10.9. The highest BCUT2D eigenvalue weighted by molar-refractivity contribution is 6.45. The number of aromatic nitrogens is 1. The molecule has 1 unspecified atom stereocenters. The SMILES string of the molecule is NC1CCCCc2c1[nH]c1ccc(Cl)c(Cl)c21. The fraction of sp³-hybridized carbons (Fsp3) is 0.385. The molecule has 0 amide bonds. The van der Waals surface area contributed by atoms with Gasteiger partial charge in [0.25, 0.3) is 0 Å². The summed E-state index contributed by atoms with van der Waals surface area (Å²) in [5.41, 5.74) is 9.64. The molecule has 4 heteroatoms. The van der Waals surface area contributed by atoms with E-state index in [9.17, 15) is 0 Å². The van der Waals surface area contributed by atoms with E-state index in [0.717, 1.165) is 35.9 Å². The molecule has 90 valence electrons. The number of nitrogens with two attached hydrogens (primary N) is 1. The average Bonchev–Trinajstić information content (AvgIpc) is 2.60. The van der Waals surface area contributed by atoms with Gasteiger partial charge in [-0.25, -0.2) is 0 Å². The molecule has 1 aliphatic rings. The predicted molar refractivity (Wildman–Crippen MR) is 72.8 cm³/mol. The third-order valence-electron chi connectivity index (χ3n) is 3.55. The maximum absolute atomic E-state index is 6.31. The first-order chi connectivity index (χ1) is 8.18. The molecule has 3 rings (SSSR count). The predicted octanol–water partition coefficient (Wildman–Crippen LogP) is 4.20. The van der Waals surface area contributed by atoms with Gasteiger partial charge in [0.15, 0.2) is 0 Å². The number of nitrogens with one attached hydrogen (secondary N) is 1. The van der Waals surface area contributed by atoms with Crippen molar-refractivity contribution in [2.75, 3.05) is 0 Å². The summed E-state index contributed by atoms with van der Waals surface area (Å²) in [6.07, 6.45) is 4.40. The first-order valence-corrected chi connectivity index (χ1v) is 6.68. The Kier molecular flexibility index (Phi) is 2.81. The van der Waals surface area contributed by atoms with Crippen molar-refractivity contribution in [1.29, 1.82) is 0 Å². The molecule has 0 radical (unpaired) electrons. The minimum absolute atomic E-state index is 0.0924. The number of H-pyrrole nitrogens is 1. The summed E-state index contributed by atoms with van der Waals surface area (Å²) in [6, 6.07) is 3.90. The molecule has 0 fully saturated rings. The fourth-order valence-corrected chi connectivity index (χ4v) is 3.13. The lowest BCUT2D eigenvalue weighted by atomic mass is 10.1. The van der Waals surface area contributed by atoms with Crippen molar-refractivity contribution in [2.24, 2.45) is 5.73 Å². The molecule has 0 saturated carbocycles. The Balaban J connectivity index is 2.33. The van der Waals surface area contributed by atoms with Crippen molar-refractivity contribution >= 4 is 34.1 Å². The maximum atomic E-state index is 6.31. The van der Waals surface area contributed by atoms with Gasteiger partial charge in [0.2, 0.25) is 0 Å². The van der Waals surface area contributed by atoms with Gasteiger partial charge in [-0.1, -0.05) is 29.6 Å². The van der Waals surface area contributed by atoms with Crippen molar-refractivity contribution in [3.05, 3.63) is 33.4 Å². The van der Waals surface area contributed by atoms with Crippen molar-refractivity contribution in [2.45, 2.75) is 31.7 Å². The normalized spacial score (nSPS) is 20.3. The lowest BCUT2D eigenvalue weighted by Gasteiger charge is -2.07. The third-order valence-corrected chi connectivity index (χ3v) is 4.36. The van der Waals surface area contributed by atoms with Crippen LogP contribution < -0.4 is 5.73 Å². The van der Waals surface area contributed by atoms with Crippen LogP contribution in [0.1, 0.15) is 36.6 Å². The summed E-state index contributed by atoms with van der Waals surface area (Å²) >= 11 is 12.4. The van der Waals surface area contributed by atoms with Gasteiger partial charge in [0.05, 0.1) is 10.0 Å². The van der Waals surface area contributed by atoms with Gasteiger partial charge in [0.1, 0.15) is 0 Å². The molecule has 0 bridgehead atoms. The van der Waals surface area contributed by atoms with E-state index in [-0.39, 0.29) is 6.04 Å². The summed E-state index contributed by atoms with van der Waals surface area (Å²) < 4.78 is 0. The highest BCUT2D eigenvalue weighted by atomic mass is 35.5. The molecule has 0 aliphatic heterocycles. The van der Waals surface area contributed by atoms with E-state index >= 15 is 0 Å². The van der Waals surface area contributed by atoms with Gasteiger partial charge >= 0.3 is 0 Å². The Hall–Kier alpha value is -0.700. The molecular formula is C13H14Cl2N2. The standard InChI is InChI=1S/C13H14Cl2N2/c14-8-5-6-10-11(12(8)15)7-3-1-2-4-9(16)13(7)17-10/h5-6,9,17H,1-4,16H2. The molecule has 2 aromatic rings. The molecule has 1 aliphatic carbocycles. The molecule has 1 aromatic carbocycles. The van der Waals surface area contributed by atoms with Gasteiger partial charge in [-0.15, -0.1) is 0 Å². The minimum Gasteiger partial charge on any atom is -0.357 e. The summed E-state index contributed by atoms with van der Waals surface area (Å²) in [4.78, 5) is 3.41. The molecule has 0 spiro atoms. The van der Waals surface area contributed by atoms with E-state index in [1.54, 1.807) is 0 Å². The number of fused-ring (bicyclic) bond motifs is 3. The van der Waals surface area contributed by atoms with Crippen LogP contribution in [0, 0.1) is 0 Å².